The number of benzene rings is 2. The van der Waals surface area contributed by atoms with Gasteiger partial charge >= 0.3 is 0 Å². The van der Waals surface area contributed by atoms with Crippen LogP contribution in [0.25, 0.3) is 55.8 Å². The second-order valence-corrected chi connectivity index (χ2v) is 12.9. The lowest BCUT2D eigenvalue weighted by Crippen LogP contribution is -2.24. The number of nitrogens with zero attached hydrogens (tertiary/aromatic N) is 6. The first-order valence-corrected chi connectivity index (χ1v) is 16.6. The quantitative estimate of drug-likeness (QED) is 0.182. The molecule has 0 spiro atoms. The Morgan fingerprint density at radius 1 is 0.875 bits per heavy atom. The van der Waals surface area contributed by atoms with Gasteiger partial charge in [-0.2, -0.15) is 5.10 Å². The summed E-state index contributed by atoms with van der Waals surface area (Å²) in [6.07, 6.45) is 9.23. The van der Waals surface area contributed by atoms with Crippen molar-refractivity contribution in [3.05, 3.63) is 84.1 Å². The van der Waals surface area contributed by atoms with Gasteiger partial charge in [-0.1, -0.05) is 13.0 Å². The van der Waals surface area contributed by atoms with E-state index in [1.165, 1.54) is 51.0 Å². The average molecular weight is 653 g/mol. The number of hydrogen-bond acceptors (Lipinski definition) is 6. The Hall–Kier alpha value is -4.61. The van der Waals surface area contributed by atoms with Gasteiger partial charge in [0.1, 0.15) is 17.0 Å². The molecule has 0 radical (unpaired) electrons. The molecule has 2 N–H and O–H groups in total. The summed E-state index contributed by atoms with van der Waals surface area (Å²) in [4.78, 5) is 21.3. The number of hydrogen-bond donors (Lipinski definition) is 2. The van der Waals surface area contributed by atoms with Crippen LogP contribution in [0.2, 0.25) is 0 Å². The molecule has 0 aliphatic carbocycles. The summed E-state index contributed by atoms with van der Waals surface area (Å²) in [6, 6.07) is 14.6. The van der Waals surface area contributed by atoms with Gasteiger partial charge in [0.2, 0.25) is 0 Å². The molecule has 0 saturated carbocycles. The second kappa shape index (κ2) is 13.5. The number of aryl methyl sites for hydroxylation is 1. The Balaban J connectivity index is 0.000000402. The van der Waals surface area contributed by atoms with E-state index in [-0.39, 0.29) is 18.8 Å². The number of aromatic nitrogens is 6. The molecule has 8 nitrogen and oxygen atoms in total. The average Bonchev–Trinajstić information content (AvgIpc) is 3.87. The fourth-order valence-electron chi connectivity index (χ4n) is 6.76. The SMILES string of the molecule is CCCN1CCCC1.Cc1cc(F)cc(-c2nccc3[nH]c(-c4n[nH]c5ccc(-c6cncc(CN7CCC(F)(F)C7)c6)cc45)nc23)c1. The maximum Gasteiger partial charge on any atom is 0.261 e. The molecule has 248 valence electrons. The molecule has 0 unspecified atom stereocenters. The van der Waals surface area contributed by atoms with Gasteiger partial charge in [0.05, 0.1) is 23.3 Å². The first-order chi connectivity index (χ1) is 23.2. The summed E-state index contributed by atoms with van der Waals surface area (Å²) in [7, 11) is 0. The van der Waals surface area contributed by atoms with Crippen LogP contribution in [0.5, 0.6) is 0 Å². The van der Waals surface area contributed by atoms with Crippen molar-refractivity contribution in [2.75, 3.05) is 32.7 Å². The van der Waals surface area contributed by atoms with E-state index in [1.54, 1.807) is 23.5 Å². The van der Waals surface area contributed by atoms with Crippen LogP contribution in [0.1, 0.15) is 43.7 Å². The number of nitrogens with one attached hydrogen (secondary N) is 2. The lowest BCUT2D eigenvalue weighted by atomic mass is 10.0. The van der Waals surface area contributed by atoms with Crippen LogP contribution in [-0.4, -0.2) is 78.6 Å². The molecule has 6 heterocycles. The number of H-pyrrole nitrogens is 2. The molecular weight excluding hydrogens is 613 g/mol. The molecule has 6 aromatic rings. The Kier molecular flexibility index (Phi) is 8.98. The van der Waals surface area contributed by atoms with Crippen molar-refractivity contribution in [3.63, 3.8) is 0 Å². The van der Waals surface area contributed by atoms with E-state index >= 15 is 0 Å². The molecule has 2 aliphatic rings. The normalized spacial score (nSPS) is 16.5. The highest BCUT2D eigenvalue weighted by molar-refractivity contribution is 5.97. The Labute approximate surface area is 277 Å². The van der Waals surface area contributed by atoms with Gasteiger partial charge in [-0.15, -0.1) is 0 Å². The van der Waals surface area contributed by atoms with Gasteiger partial charge < -0.3 is 9.88 Å². The van der Waals surface area contributed by atoms with Gasteiger partial charge in [0, 0.05) is 54.6 Å². The van der Waals surface area contributed by atoms with Gasteiger partial charge in [-0.25, -0.2) is 18.2 Å². The highest BCUT2D eigenvalue weighted by Gasteiger charge is 2.37. The molecule has 0 bridgehead atoms. The minimum Gasteiger partial charge on any atom is -0.336 e. The van der Waals surface area contributed by atoms with E-state index in [0.29, 0.717) is 41.4 Å². The molecule has 0 amide bonds. The summed E-state index contributed by atoms with van der Waals surface area (Å²) >= 11 is 0. The Morgan fingerprint density at radius 2 is 1.73 bits per heavy atom. The first-order valence-electron chi connectivity index (χ1n) is 16.6. The lowest BCUT2D eigenvalue weighted by molar-refractivity contribution is 0.0115. The highest BCUT2D eigenvalue weighted by Crippen LogP contribution is 2.33. The summed E-state index contributed by atoms with van der Waals surface area (Å²) in [5.74, 6) is -2.40. The predicted octanol–water partition coefficient (Wildman–Crippen LogP) is 8.01. The van der Waals surface area contributed by atoms with Gasteiger partial charge in [-0.05, 0) is 105 Å². The summed E-state index contributed by atoms with van der Waals surface area (Å²) in [5.41, 5.74) is 7.58. The molecule has 0 atom stereocenters. The topological polar surface area (TPSA) is 89.6 Å². The third-order valence-corrected chi connectivity index (χ3v) is 9.03. The zero-order valence-corrected chi connectivity index (χ0v) is 27.2. The van der Waals surface area contributed by atoms with Crippen LogP contribution < -0.4 is 0 Å². The standard InChI is InChI=1S/C30H24F3N7.C7H15N/c1-17-8-20(11-22(31)9-17)26-28-25(4-6-35-26)36-29(37-28)27-23-12-19(2-3-24(23)38-39-27)21-10-18(13-34-14-21)15-40-7-5-30(32,33)16-40;1-2-5-8-6-3-4-7-8/h2-4,6,8-14H,5,7,15-16H2,1H3,(H,36,37)(H,38,39);2-7H2,1H3. The van der Waals surface area contributed by atoms with Crippen molar-refractivity contribution in [2.45, 2.75) is 52.0 Å². The largest absolute Gasteiger partial charge is 0.336 e. The predicted molar refractivity (Wildman–Crippen MR) is 183 cm³/mol. The lowest BCUT2D eigenvalue weighted by Gasteiger charge is -2.15. The molecule has 2 saturated heterocycles. The van der Waals surface area contributed by atoms with Crippen molar-refractivity contribution >= 4 is 21.9 Å². The van der Waals surface area contributed by atoms with E-state index in [2.05, 4.69) is 37.0 Å². The van der Waals surface area contributed by atoms with Crippen LogP contribution >= 0.6 is 0 Å². The highest BCUT2D eigenvalue weighted by atomic mass is 19.3. The number of pyridine rings is 2. The number of fused-ring (bicyclic) bond motifs is 2. The zero-order chi connectivity index (χ0) is 33.3. The molecule has 11 heteroatoms. The van der Waals surface area contributed by atoms with E-state index in [1.807, 2.05) is 43.3 Å². The fourth-order valence-corrected chi connectivity index (χ4v) is 6.76. The third-order valence-electron chi connectivity index (χ3n) is 9.03. The molecule has 8 rings (SSSR count). The van der Waals surface area contributed by atoms with Gasteiger partial charge in [0.15, 0.2) is 5.82 Å². The number of alkyl halides is 2. The molecule has 48 heavy (non-hydrogen) atoms. The maximum atomic E-state index is 14.1. The van der Waals surface area contributed by atoms with E-state index in [4.69, 9.17) is 4.98 Å². The molecule has 2 aliphatic heterocycles. The summed E-state index contributed by atoms with van der Waals surface area (Å²) in [5, 5.41) is 8.46. The first kappa shape index (κ1) is 32.0. The van der Waals surface area contributed by atoms with Crippen molar-refractivity contribution in [1.82, 2.24) is 39.9 Å². The number of aromatic amines is 2. The number of likely N-dealkylation sites (tertiary alicyclic amines) is 2. The minimum absolute atomic E-state index is 0.110. The number of imidazole rings is 1. The van der Waals surface area contributed by atoms with Crippen LogP contribution in [0.3, 0.4) is 0 Å². The van der Waals surface area contributed by atoms with E-state index in [9.17, 15) is 13.2 Å². The van der Waals surface area contributed by atoms with Crippen LogP contribution in [0.15, 0.2) is 67.1 Å². The zero-order valence-electron chi connectivity index (χ0n) is 27.2. The smallest absolute Gasteiger partial charge is 0.261 e. The van der Waals surface area contributed by atoms with E-state index < -0.39 is 5.92 Å². The maximum absolute atomic E-state index is 14.1. The molecule has 2 aromatic carbocycles. The van der Waals surface area contributed by atoms with E-state index in [0.717, 1.165) is 38.7 Å². The third kappa shape index (κ3) is 6.97. The monoisotopic (exact) mass is 652 g/mol. The summed E-state index contributed by atoms with van der Waals surface area (Å²) in [6.45, 7) is 8.69. The van der Waals surface area contributed by atoms with Crippen LogP contribution in [0, 0.1) is 12.7 Å². The van der Waals surface area contributed by atoms with Gasteiger partial charge in [-0.3, -0.25) is 20.0 Å². The summed E-state index contributed by atoms with van der Waals surface area (Å²) < 4.78 is 41.5. The van der Waals surface area contributed by atoms with Crippen molar-refractivity contribution in [2.24, 2.45) is 0 Å². The Bertz CT molecular complexity index is 2030. The second-order valence-electron chi connectivity index (χ2n) is 12.9. The molecule has 4 aromatic heterocycles. The van der Waals surface area contributed by atoms with Crippen molar-refractivity contribution in [1.29, 1.82) is 0 Å². The number of halogens is 3. The van der Waals surface area contributed by atoms with Crippen LogP contribution in [0.4, 0.5) is 13.2 Å². The van der Waals surface area contributed by atoms with Crippen LogP contribution in [-0.2, 0) is 6.54 Å². The molecule has 2 fully saturated rings. The van der Waals surface area contributed by atoms with Crippen molar-refractivity contribution < 1.29 is 13.2 Å². The van der Waals surface area contributed by atoms with Gasteiger partial charge in [0.25, 0.3) is 5.92 Å². The molecular formula is C37H39F3N8. The van der Waals surface area contributed by atoms with Crippen molar-refractivity contribution in [3.8, 4) is 33.9 Å². The number of rotatable bonds is 7. The minimum atomic E-state index is -2.63. The fraction of sp³-hybridized carbons (Fsp3) is 0.351. The Morgan fingerprint density at radius 3 is 2.50 bits per heavy atom.